The molecule has 3 aromatic rings. The molecule has 3 heterocycles. The lowest BCUT2D eigenvalue weighted by Crippen LogP contribution is -2.43. The minimum Gasteiger partial charge on any atom is -0.351 e. The Morgan fingerprint density at radius 2 is 1.86 bits per heavy atom. The summed E-state index contributed by atoms with van der Waals surface area (Å²) in [5.41, 5.74) is 4.87. The lowest BCUT2D eigenvalue weighted by atomic mass is 9.99. The van der Waals surface area contributed by atoms with Crippen molar-refractivity contribution in [2.24, 2.45) is 0 Å². The number of hydrogen-bond donors (Lipinski definition) is 2. The summed E-state index contributed by atoms with van der Waals surface area (Å²) in [4.78, 5) is 27.0. The number of aryl methyl sites for hydroxylation is 2. The minimum atomic E-state index is -0.287. The van der Waals surface area contributed by atoms with Gasteiger partial charge in [-0.2, -0.15) is 4.98 Å². The number of anilines is 3. The third-order valence-corrected chi connectivity index (χ3v) is 6.98. The SMILES string of the molecule is CCN1CCC(Nc2nc(-c3ccc(F)cc3C)c3c(n2)N(c2ccccc2C)C(=O)NC3)CC1. The first-order valence-corrected chi connectivity index (χ1v) is 12.2. The fraction of sp³-hybridized carbons (Fsp3) is 0.370. The Morgan fingerprint density at radius 1 is 1.09 bits per heavy atom. The fourth-order valence-electron chi connectivity index (χ4n) is 4.95. The molecule has 2 N–H and O–H groups in total. The monoisotopic (exact) mass is 474 g/mol. The van der Waals surface area contributed by atoms with E-state index in [9.17, 15) is 9.18 Å². The van der Waals surface area contributed by atoms with E-state index in [2.05, 4.69) is 22.5 Å². The van der Waals surface area contributed by atoms with Gasteiger partial charge in [0.1, 0.15) is 5.82 Å². The molecular formula is C27H31FN6O. The smallest absolute Gasteiger partial charge is 0.328 e. The molecule has 2 aliphatic heterocycles. The fourth-order valence-corrected chi connectivity index (χ4v) is 4.95. The number of amides is 2. The zero-order valence-corrected chi connectivity index (χ0v) is 20.4. The summed E-state index contributed by atoms with van der Waals surface area (Å²) >= 11 is 0. The molecule has 35 heavy (non-hydrogen) atoms. The second-order valence-corrected chi connectivity index (χ2v) is 9.29. The predicted molar refractivity (Wildman–Crippen MR) is 136 cm³/mol. The van der Waals surface area contributed by atoms with Crippen molar-refractivity contribution in [3.05, 3.63) is 65.0 Å². The summed E-state index contributed by atoms with van der Waals surface area (Å²) in [6.07, 6.45) is 2.00. The summed E-state index contributed by atoms with van der Waals surface area (Å²) in [6.45, 7) is 9.45. The first-order chi connectivity index (χ1) is 16.9. The summed E-state index contributed by atoms with van der Waals surface area (Å²) in [7, 11) is 0. The first-order valence-electron chi connectivity index (χ1n) is 12.2. The van der Waals surface area contributed by atoms with Crippen molar-refractivity contribution in [2.75, 3.05) is 29.9 Å². The number of piperidine rings is 1. The van der Waals surface area contributed by atoms with Crippen molar-refractivity contribution < 1.29 is 9.18 Å². The summed E-state index contributed by atoms with van der Waals surface area (Å²) in [5, 5.41) is 6.51. The standard InChI is InChI=1S/C27H31FN6O/c1-4-33-13-11-20(12-14-33)30-26-31-24(21-10-9-19(28)15-18(21)3)22-16-29-27(35)34(25(22)32-26)23-8-6-5-7-17(23)2/h5-10,15,20H,4,11-14,16H2,1-3H3,(H,29,35)(H,30,31,32). The van der Waals surface area contributed by atoms with Crippen molar-refractivity contribution in [1.82, 2.24) is 20.2 Å². The molecule has 2 aromatic carbocycles. The van der Waals surface area contributed by atoms with Gasteiger partial charge in [-0.15, -0.1) is 0 Å². The van der Waals surface area contributed by atoms with Gasteiger partial charge in [0.2, 0.25) is 5.95 Å². The molecule has 2 aliphatic rings. The van der Waals surface area contributed by atoms with Gasteiger partial charge < -0.3 is 15.5 Å². The van der Waals surface area contributed by atoms with Gasteiger partial charge in [-0.3, -0.25) is 0 Å². The number of fused-ring (bicyclic) bond motifs is 1. The molecule has 0 saturated carbocycles. The normalized spacial score (nSPS) is 16.7. The van der Waals surface area contributed by atoms with E-state index in [1.807, 2.05) is 38.1 Å². The number of nitrogens with one attached hydrogen (secondary N) is 2. The van der Waals surface area contributed by atoms with Gasteiger partial charge in [0.15, 0.2) is 5.82 Å². The number of nitrogens with zero attached hydrogens (tertiary/aromatic N) is 4. The van der Waals surface area contributed by atoms with E-state index in [1.54, 1.807) is 11.0 Å². The molecule has 0 radical (unpaired) electrons. The van der Waals surface area contributed by atoms with Gasteiger partial charge in [-0.05, 0) is 68.6 Å². The van der Waals surface area contributed by atoms with Crippen LogP contribution >= 0.6 is 0 Å². The van der Waals surface area contributed by atoms with Crippen molar-refractivity contribution >= 4 is 23.5 Å². The lowest BCUT2D eigenvalue weighted by Gasteiger charge is -2.33. The average Bonchev–Trinajstić information content (AvgIpc) is 2.85. The topological polar surface area (TPSA) is 73.4 Å². The molecular weight excluding hydrogens is 443 g/mol. The molecule has 1 aromatic heterocycles. The molecule has 1 saturated heterocycles. The highest BCUT2D eigenvalue weighted by molar-refractivity contribution is 6.02. The average molecular weight is 475 g/mol. The Bertz CT molecular complexity index is 1250. The number of hydrogen-bond acceptors (Lipinski definition) is 5. The number of carbonyl (C=O) groups excluding carboxylic acids is 1. The third kappa shape index (κ3) is 4.58. The third-order valence-electron chi connectivity index (χ3n) is 6.98. The number of carbonyl (C=O) groups is 1. The zero-order chi connectivity index (χ0) is 24.5. The van der Waals surface area contributed by atoms with Gasteiger partial charge >= 0.3 is 6.03 Å². The van der Waals surface area contributed by atoms with Gasteiger partial charge in [0, 0.05) is 30.3 Å². The summed E-state index contributed by atoms with van der Waals surface area (Å²) < 4.78 is 13.9. The molecule has 0 bridgehead atoms. The minimum absolute atomic E-state index is 0.227. The molecule has 7 nitrogen and oxygen atoms in total. The molecule has 1 fully saturated rings. The van der Waals surface area contributed by atoms with Crippen LogP contribution in [-0.4, -0.2) is 46.6 Å². The largest absolute Gasteiger partial charge is 0.351 e. The van der Waals surface area contributed by atoms with Crippen molar-refractivity contribution in [3.63, 3.8) is 0 Å². The zero-order valence-electron chi connectivity index (χ0n) is 20.4. The van der Waals surface area contributed by atoms with E-state index in [4.69, 9.17) is 9.97 Å². The van der Waals surface area contributed by atoms with E-state index >= 15 is 0 Å². The lowest BCUT2D eigenvalue weighted by molar-refractivity contribution is 0.229. The molecule has 5 rings (SSSR count). The number of benzene rings is 2. The maximum Gasteiger partial charge on any atom is 0.328 e. The Morgan fingerprint density at radius 3 is 2.57 bits per heavy atom. The van der Waals surface area contributed by atoms with E-state index < -0.39 is 0 Å². The van der Waals surface area contributed by atoms with Crippen LogP contribution in [0.1, 0.15) is 36.5 Å². The Kier molecular flexibility index (Phi) is 6.38. The quantitative estimate of drug-likeness (QED) is 0.535. The van der Waals surface area contributed by atoms with Crippen molar-refractivity contribution in [2.45, 2.75) is 46.2 Å². The highest BCUT2D eigenvalue weighted by Crippen LogP contribution is 2.38. The van der Waals surface area contributed by atoms with E-state index in [0.717, 1.165) is 60.4 Å². The predicted octanol–water partition coefficient (Wildman–Crippen LogP) is 5.16. The van der Waals surface area contributed by atoms with E-state index in [1.165, 1.54) is 12.1 Å². The number of halogens is 1. The number of aromatic nitrogens is 2. The van der Waals surface area contributed by atoms with Crippen molar-refractivity contribution in [3.8, 4) is 11.3 Å². The van der Waals surface area contributed by atoms with Crippen LogP contribution < -0.4 is 15.5 Å². The molecule has 0 atom stereocenters. The highest BCUT2D eigenvalue weighted by atomic mass is 19.1. The van der Waals surface area contributed by atoms with Crippen LogP contribution in [0.2, 0.25) is 0 Å². The Balaban J connectivity index is 1.63. The van der Waals surface area contributed by atoms with Crippen LogP contribution in [-0.2, 0) is 6.54 Å². The maximum atomic E-state index is 13.9. The van der Waals surface area contributed by atoms with Gasteiger partial charge in [-0.1, -0.05) is 25.1 Å². The summed E-state index contributed by atoms with van der Waals surface area (Å²) in [5.74, 6) is 0.765. The molecule has 0 aliphatic carbocycles. The van der Waals surface area contributed by atoms with Gasteiger partial charge in [-0.25, -0.2) is 19.1 Å². The number of para-hydroxylation sites is 1. The van der Waals surface area contributed by atoms with E-state index in [0.29, 0.717) is 24.0 Å². The van der Waals surface area contributed by atoms with Crippen LogP contribution in [0.15, 0.2) is 42.5 Å². The number of likely N-dealkylation sites (tertiary alicyclic amines) is 1. The number of urea groups is 1. The number of rotatable bonds is 5. The molecule has 8 heteroatoms. The maximum absolute atomic E-state index is 13.9. The van der Waals surface area contributed by atoms with Crippen molar-refractivity contribution in [1.29, 1.82) is 0 Å². The second kappa shape index (κ2) is 9.62. The Labute approximate surface area is 205 Å². The van der Waals surface area contributed by atoms with E-state index in [-0.39, 0.29) is 17.9 Å². The van der Waals surface area contributed by atoms with Crippen LogP contribution in [0.5, 0.6) is 0 Å². The Hall–Kier alpha value is -3.52. The van der Waals surface area contributed by atoms with Crippen LogP contribution in [0.25, 0.3) is 11.3 Å². The van der Waals surface area contributed by atoms with Crippen LogP contribution in [0.4, 0.5) is 26.6 Å². The second-order valence-electron chi connectivity index (χ2n) is 9.29. The van der Waals surface area contributed by atoms with Crippen LogP contribution in [0.3, 0.4) is 0 Å². The highest BCUT2D eigenvalue weighted by Gasteiger charge is 2.32. The first kappa shape index (κ1) is 23.2. The van der Waals surface area contributed by atoms with Gasteiger partial charge in [0.25, 0.3) is 0 Å². The molecule has 0 unspecified atom stereocenters. The van der Waals surface area contributed by atoms with Crippen LogP contribution in [0, 0.1) is 19.7 Å². The molecule has 2 amide bonds. The van der Waals surface area contributed by atoms with Gasteiger partial charge in [0.05, 0.1) is 17.9 Å². The summed E-state index contributed by atoms with van der Waals surface area (Å²) in [6, 6.07) is 12.5. The molecule has 0 spiro atoms. The molecule has 182 valence electrons.